The number of hydrogen-bond acceptors (Lipinski definition) is 5. The second kappa shape index (κ2) is 8.48. The predicted molar refractivity (Wildman–Crippen MR) is 124 cm³/mol. The molecule has 0 spiro atoms. The molecule has 4 aliphatic rings. The first kappa shape index (κ1) is 20.8. The van der Waals surface area contributed by atoms with Gasteiger partial charge in [0.1, 0.15) is 0 Å². The van der Waals surface area contributed by atoms with E-state index in [2.05, 4.69) is 47.2 Å². The van der Waals surface area contributed by atoms with Crippen molar-refractivity contribution >= 4 is 29.4 Å². The Morgan fingerprint density at radius 1 is 1.26 bits per heavy atom. The molecule has 3 amide bonds. The van der Waals surface area contributed by atoms with Crippen LogP contribution in [0.15, 0.2) is 34.9 Å². The van der Waals surface area contributed by atoms with Gasteiger partial charge in [-0.05, 0) is 56.0 Å². The summed E-state index contributed by atoms with van der Waals surface area (Å²) >= 11 is 1.57. The molecule has 3 fully saturated rings. The normalized spacial score (nSPS) is 30.3. The lowest BCUT2D eigenvalue weighted by molar-refractivity contribution is -0.117. The third kappa shape index (κ3) is 3.85. The van der Waals surface area contributed by atoms with Gasteiger partial charge < -0.3 is 21.3 Å². The van der Waals surface area contributed by atoms with E-state index in [0.29, 0.717) is 10.8 Å². The Balaban J connectivity index is 1.43. The van der Waals surface area contributed by atoms with Crippen LogP contribution in [0.25, 0.3) is 0 Å². The highest BCUT2D eigenvalue weighted by molar-refractivity contribution is 8.04. The fourth-order valence-electron chi connectivity index (χ4n) is 5.18. The van der Waals surface area contributed by atoms with Crippen LogP contribution in [0.1, 0.15) is 44.6 Å². The van der Waals surface area contributed by atoms with E-state index >= 15 is 0 Å². The third-order valence-electron chi connectivity index (χ3n) is 6.79. The number of anilines is 1. The summed E-state index contributed by atoms with van der Waals surface area (Å²) < 4.78 is 0. The van der Waals surface area contributed by atoms with Gasteiger partial charge in [-0.2, -0.15) is 0 Å². The smallest absolute Gasteiger partial charge is 0.326 e. The minimum Gasteiger partial charge on any atom is -0.348 e. The molecular weight excluding hydrogens is 410 g/mol. The van der Waals surface area contributed by atoms with Crippen LogP contribution in [0.2, 0.25) is 0 Å². The van der Waals surface area contributed by atoms with Crippen molar-refractivity contribution in [2.75, 3.05) is 24.5 Å². The number of rotatable bonds is 4. The summed E-state index contributed by atoms with van der Waals surface area (Å²) in [5.74, 6) is 0.430. The number of piperidine rings is 2. The largest absolute Gasteiger partial charge is 0.348 e. The van der Waals surface area contributed by atoms with E-state index < -0.39 is 0 Å². The molecule has 0 bridgehead atoms. The van der Waals surface area contributed by atoms with E-state index in [1.165, 1.54) is 5.56 Å². The Kier molecular flexibility index (Phi) is 5.71. The number of carbonyl (C=O) groups is 2. The average molecular weight is 442 g/mol. The highest BCUT2D eigenvalue weighted by Gasteiger charge is 2.51. The summed E-state index contributed by atoms with van der Waals surface area (Å²) in [7, 11) is 0. The molecule has 4 atom stereocenters. The van der Waals surface area contributed by atoms with E-state index in [1.807, 2.05) is 17.0 Å². The lowest BCUT2D eigenvalue weighted by atomic mass is 9.86. The first-order valence-corrected chi connectivity index (χ1v) is 12.3. The molecule has 3 saturated heterocycles. The molecule has 0 aromatic heterocycles. The van der Waals surface area contributed by atoms with Crippen molar-refractivity contribution in [2.24, 2.45) is 5.92 Å². The monoisotopic (exact) mass is 441 g/mol. The zero-order chi connectivity index (χ0) is 21.5. The maximum Gasteiger partial charge on any atom is 0.326 e. The molecule has 4 N–H and O–H groups in total. The van der Waals surface area contributed by atoms with Crippen LogP contribution in [0.4, 0.5) is 10.5 Å². The van der Waals surface area contributed by atoms with Crippen molar-refractivity contribution in [3.05, 3.63) is 40.4 Å². The van der Waals surface area contributed by atoms with E-state index in [0.717, 1.165) is 50.3 Å². The van der Waals surface area contributed by atoms with Gasteiger partial charge in [0.2, 0.25) is 0 Å². The number of carbonyl (C=O) groups excluding carboxylic acids is 2. The molecule has 0 aliphatic carbocycles. The Morgan fingerprint density at radius 2 is 2.13 bits per heavy atom. The summed E-state index contributed by atoms with van der Waals surface area (Å²) in [6, 6.07) is 8.35. The molecule has 8 heteroatoms. The summed E-state index contributed by atoms with van der Waals surface area (Å²) in [4.78, 5) is 29.0. The van der Waals surface area contributed by atoms with Crippen molar-refractivity contribution in [1.29, 1.82) is 0 Å². The summed E-state index contributed by atoms with van der Waals surface area (Å²) in [5, 5.41) is 13.3. The van der Waals surface area contributed by atoms with Gasteiger partial charge in [-0.15, -0.1) is 0 Å². The number of urea groups is 1. The third-order valence-corrected chi connectivity index (χ3v) is 8.15. The van der Waals surface area contributed by atoms with Gasteiger partial charge in [-0.1, -0.05) is 37.7 Å². The number of nitrogens with zero attached hydrogens (tertiary/aromatic N) is 1. The van der Waals surface area contributed by atoms with Crippen molar-refractivity contribution in [3.8, 4) is 0 Å². The molecular formula is C23H31N5O2S. The Hall–Kier alpha value is -2.03. The number of amides is 3. The lowest BCUT2D eigenvalue weighted by Crippen LogP contribution is -2.62. The van der Waals surface area contributed by atoms with Gasteiger partial charge in [0.25, 0.3) is 5.91 Å². The van der Waals surface area contributed by atoms with Gasteiger partial charge in [-0.25, -0.2) is 4.79 Å². The van der Waals surface area contributed by atoms with Crippen molar-refractivity contribution < 1.29 is 9.59 Å². The molecule has 5 rings (SSSR count). The van der Waals surface area contributed by atoms with E-state index in [4.69, 9.17) is 0 Å². The molecule has 4 heterocycles. The van der Waals surface area contributed by atoms with Crippen LogP contribution in [-0.2, 0) is 4.79 Å². The van der Waals surface area contributed by atoms with Crippen LogP contribution in [0, 0.1) is 5.92 Å². The van der Waals surface area contributed by atoms with Crippen LogP contribution in [0.3, 0.4) is 0 Å². The molecule has 31 heavy (non-hydrogen) atoms. The average Bonchev–Trinajstić information content (AvgIpc) is 3.14. The van der Waals surface area contributed by atoms with Crippen molar-refractivity contribution in [3.63, 3.8) is 0 Å². The van der Waals surface area contributed by atoms with E-state index in [-0.39, 0.29) is 35.3 Å². The Morgan fingerprint density at radius 3 is 2.90 bits per heavy atom. The zero-order valence-electron chi connectivity index (χ0n) is 18.1. The van der Waals surface area contributed by atoms with E-state index in [9.17, 15) is 9.59 Å². The van der Waals surface area contributed by atoms with Gasteiger partial charge in [0, 0.05) is 29.9 Å². The highest BCUT2D eigenvalue weighted by Crippen LogP contribution is 2.48. The second-order valence-electron chi connectivity index (χ2n) is 9.18. The van der Waals surface area contributed by atoms with Crippen molar-refractivity contribution in [2.45, 2.75) is 56.5 Å². The highest BCUT2D eigenvalue weighted by atomic mass is 32.2. The van der Waals surface area contributed by atoms with Crippen LogP contribution in [0.5, 0.6) is 0 Å². The Labute approximate surface area is 187 Å². The molecule has 1 aromatic carbocycles. The summed E-state index contributed by atoms with van der Waals surface area (Å²) in [6.07, 6.45) is 2.93. The van der Waals surface area contributed by atoms with E-state index in [1.54, 1.807) is 11.8 Å². The maximum absolute atomic E-state index is 13.3. The molecule has 0 saturated carbocycles. The topological polar surface area (TPSA) is 85.5 Å². The molecule has 0 radical (unpaired) electrons. The molecule has 166 valence electrons. The number of thioether (sulfide) groups is 1. The first-order chi connectivity index (χ1) is 15.0. The predicted octanol–water partition coefficient (Wildman–Crippen LogP) is 2.47. The summed E-state index contributed by atoms with van der Waals surface area (Å²) in [6.45, 7) is 6.98. The first-order valence-electron chi connectivity index (χ1n) is 11.4. The fraction of sp³-hybridized carbons (Fsp3) is 0.565. The SMILES string of the molecule is CC(C)c1cccc(N2C(=O)NC3=C(C(=O)NC4CCCNC4)SC4NCCC2C34)c1. The zero-order valence-corrected chi connectivity index (χ0v) is 18.9. The lowest BCUT2D eigenvalue weighted by Gasteiger charge is -2.46. The summed E-state index contributed by atoms with van der Waals surface area (Å²) in [5.41, 5.74) is 2.96. The molecule has 4 aliphatic heterocycles. The minimum atomic E-state index is -0.134. The molecule has 7 nitrogen and oxygen atoms in total. The van der Waals surface area contributed by atoms with Gasteiger partial charge in [0.15, 0.2) is 0 Å². The van der Waals surface area contributed by atoms with Gasteiger partial charge >= 0.3 is 6.03 Å². The van der Waals surface area contributed by atoms with Crippen LogP contribution < -0.4 is 26.2 Å². The standard InChI is InChI=1S/C23H31N5O2S/c1-13(2)14-5-3-7-16(11-14)28-17-8-10-25-22-18(17)19(27-23(28)30)20(31-22)21(29)26-15-6-4-9-24-12-15/h3,5,7,11,13,15,17-18,22,24-25H,4,6,8-10,12H2,1-2H3,(H,26,29)(H,27,30). The van der Waals surface area contributed by atoms with Gasteiger partial charge in [0.05, 0.1) is 16.3 Å². The number of nitrogens with one attached hydrogen (secondary N) is 4. The quantitative estimate of drug-likeness (QED) is 0.577. The molecule has 1 aromatic rings. The maximum atomic E-state index is 13.3. The molecule has 4 unspecified atom stereocenters. The Bertz CT molecular complexity index is 911. The van der Waals surface area contributed by atoms with Crippen LogP contribution in [-0.4, -0.2) is 49.0 Å². The van der Waals surface area contributed by atoms with Crippen molar-refractivity contribution in [1.82, 2.24) is 21.3 Å². The fourth-order valence-corrected chi connectivity index (χ4v) is 6.58. The number of hydrogen-bond donors (Lipinski definition) is 4. The van der Waals surface area contributed by atoms with Gasteiger partial charge in [-0.3, -0.25) is 9.69 Å². The van der Waals surface area contributed by atoms with Crippen LogP contribution >= 0.6 is 11.8 Å². The number of benzene rings is 1. The second-order valence-corrected chi connectivity index (χ2v) is 10.3. The minimum absolute atomic E-state index is 0.0477.